The van der Waals surface area contributed by atoms with Crippen molar-refractivity contribution in [1.29, 1.82) is 0 Å². The number of carbonyl (C=O) groups is 2. The molecule has 0 saturated carbocycles. The number of rotatable bonds is 8. The molecule has 0 saturated heterocycles. The summed E-state index contributed by atoms with van der Waals surface area (Å²) in [5, 5.41) is 2.60. The third kappa shape index (κ3) is 5.14. The van der Waals surface area contributed by atoms with Crippen molar-refractivity contribution in [2.75, 3.05) is 20.8 Å². The highest BCUT2D eigenvalue weighted by Gasteiger charge is 2.08. The van der Waals surface area contributed by atoms with Crippen molar-refractivity contribution in [2.45, 2.75) is 6.92 Å². The summed E-state index contributed by atoms with van der Waals surface area (Å²) in [6.45, 7) is 1.83. The Hall–Kier alpha value is -3.87. The molecular weight excluding hydrogens is 382 g/mol. The van der Waals surface area contributed by atoms with Gasteiger partial charge in [-0.3, -0.25) is 9.59 Å². The summed E-state index contributed by atoms with van der Waals surface area (Å²) < 4.78 is 12.4. The van der Waals surface area contributed by atoms with Crippen LogP contribution < -0.4 is 14.8 Å². The van der Waals surface area contributed by atoms with E-state index in [2.05, 4.69) is 10.3 Å². The number of aromatic nitrogens is 2. The second kappa shape index (κ2) is 9.56. The van der Waals surface area contributed by atoms with Crippen LogP contribution in [0.2, 0.25) is 0 Å². The van der Waals surface area contributed by atoms with E-state index in [1.165, 1.54) is 6.08 Å². The third-order valence-electron chi connectivity index (χ3n) is 4.46. The Labute approximate surface area is 175 Å². The molecule has 0 aliphatic heterocycles. The summed E-state index contributed by atoms with van der Waals surface area (Å²) in [6, 6.07) is 12.3. The van der Waals surface area contributed by atoms with Crippen molar-refractivity contribution >= 4 is 17.8 Å². The van der Waals surface area contributed by atoms with E-state index in [0.717, 1.165) is 16.9 Å². The second-order valence-electron chi connectivity index (χ2n) is 6.56. The largest absolute Gasteiger partial charge is 0.497 e. The number of amides is 1. The van der Waals surface area contributed by atoms with Crippen LogP contribution in [0, 0.1) is 6.92 Å². The molecule has 30 heavy (non-hydrogen) atoms. The van der Waals surface area contributed by atoms with Gasteiger partial charge in [0.05, 0.1) is 38.5 Å². The van der Waals surface area contributed by atoms with Crippen LogP contribution in [0.1, 0.15) is 21.6 Å². The smallest absolute Gasteiger partial charge is 0.244 e. The van der Waals surface area contributed by atoms with Crippen LogP contribution in [0.5, 0.6) is 11.5 Å². The summed E-state index contributed by atoms with van der Waals surface area (Å²) in [6.07, 6.45) is 6.67. The number of imidazole rings is 1. The molecule has 0 spiro atoms. The van der Waals surface area contributed by atoms with Gasteiger partial charge in [-0.15, -0.1) is 0 Å². The summed E-state index contributed by atoms with van der Waals surface area (Å²) >= 11 is 0. The van der Waals surface area contributed by atoms with Crippen LogP contribution in [0.15, 0.2) is 61.1 Å². The first-order valence-corrected chi connectivity index (χ1v) is 9.32. The van der Waals surface area contributed by atoms with Gasteiger partial charge in [-0.1, -0.05) is 6.07 Å². The molecule has 1 aromatic heterocycles. The maximum atomic E-state index is 12.2. The van der Waals surface area contributed by atoms with E-state index in [9.17, 15) is 9.59 Å². The lowest BCUT2D eigenvalue weighted by Crippen LogP contribution is -2.27. The van der Waals surface area contributed by atoms with Crippen LogP contribution in [0.3, 0.4) is 0 Å². The number of ketones is 1. The first-order chi connectivity index (χ1) is 14.5. The number of nitrogens with one attached hydrogen (secondary N) is 1. The van der Waals surface area contributed by atoms with Crippen LogP contribution >= 0.6 is 0 Å². The predicted molar refractivity (Wildman–Crippen MR) is 114 cm³/mol. The molecule has 0 radical (unpaired) electrons. The van der Waals surface area contributed by atoms with Gasteiger partial charge >= 0.3 is 0 Å². The minimum Gasteiger partial charge on any atom is -0.497 e. The summed E-state index contributed by atoms with van der Waals surface area (Å²) in [7, 11) is 3.15. The fourth-order valence-corrected chi connectivity index (χ4v) is 2.84. The minimum atomic E-state index is -0.356. The molecule has 154 valence electrons. The van der Waals surface area contributed by atoms with Gasteiger partial charge in [0.1, 0.15) is 11.5 Å². The Kier molecular flexibility index (Phi) is 6.64. The molecule has 1 heterocycles. The van der Waals surface area contributed by atoms with Crippen molar-refractivity contribution < 1.29 is 19.1 Å². The zero-order valence-corrected chi connectivity index (χ0v) is 17.1. The average molecular weight is 405 g/mol. The summed E-state index contributed by atoms with van der Waals surface area (Å²) in [5.74, 6) is 0.791. The monoisotopic (exact) mass is 405 g/mol. The fourth-order valence-electron chi connectivity index (χ4n) is 2.84. The zero-order valence-electron chi connectivity index (χ0n) is 17.1. The molecule has 7 heteroatoms. The predicted octanol–water partition coefficient (Wildman–Crippen LogP) is 3.21. The SMILES string of the molecule is COc1ccc(C(=O)CNC(=O)C=Cc2ccc(-n3cnc(C)c3)c(OC)c2)cc1. The van der Waals surface area contributed by atoms with E-state index in [-0.39, 0.29) is 18.2 Å². The fraction of sp³-hybridized carbons (Fsp3) is 0.174. The van der Waals surface area contributed by atoms with E-state index in [0.29, 0.717) is 17.1 Å². The van der Waals surface area contributed by atoms with Gasteiger partial charge in [0, 0.05) is 17.8 Å². The minimum absolute atomic E-state index is 0.0856. The molecule has 0 fully saturated rings. The van der Waals surface area contributed by atoms with Crippen molar-refractivity contribution in [3.8, 4) is 17.2 Å². The number of Topliss-reactive ketones (excluding diaryl/α,β-unsaturated/α-hetero) is 1. The lowest BCUT2D eigenvalue weighted by Gasteiger charge is -2.10. The average Bonchev–Trinajstić information content (AvgIpc) is 3.21. The Morgan fingerprint density at radius 3 is 2.50 bits per heavy atom. The number of hydrogen-bond acceptors (Lipinski definition) is 5. The molecule has 1 N–H and O–H groups in total. The molecule has 1 amide bonds. The number of aryl methyl sites for hydroxylation is 1. The number of ether oxygens (including phenoxy) is 2. The van der Waals surface area contributed by atoms with Gasteiger partial charge in [-0.05, 0) is 55.0 Å². The normalized spacial score (nSPS) is 10.8. The first kappa shape index (κ1) is 20.9. The number of nitrogens with zero attached hydrogens (tertiary/aromatic N) is 2. The second-order valence-corrected chi connectivity index (χ2v) is 6.56. The molecule has 0 aliphatic carbocycles. The number of hydrogen-bond donors (Lipinski definition) is 1. The maximum absolute atomic E-state index is 12.2. The molecular formula is C23H23N3O4. The summed E-state index contributed by atoms with van der Waals surface area (Å²) in [5.41, 5.74) is 3.06. The van der Waals surface area contributed by atoms with Crippen LogP contribution in [0.4, 0.5) is 0 Å². The maximum Gasteiger partial charge on any atom is 0.244 e. The quantitative estimate of drug-likeness (QED) is 0.460. The van der Waals surface area contributed by atoms with Gasteiger partial charge in [0.15, 0.2) is 5.78 Å². The Morgan fingerprint density at radius 2 is 1.87 bits per heavy atom. The number of carbonyl (C=O) groups excluding carboxylic acids is 2. The molecule has 0 unspecified atom stereocenters. The van der Waals surface area contributed by atoms with Gasteiger partial charge in [0.2, 0.25) is 5.91 Å². The molecule has 2 aromatic carbocycles. The molecule has 0 atom stereocenters. The molecule has 3 aromatic rings. The molecule has 0 aliphatic rings. The van der Waals surface area contributed by atoms with Crippen LogP contribution in [0.25, 0.3) is 11.8 Å². The van der Waals surface area contributed by atoms with Crippen molar-refractivity contribution in [3.05, 3.63) is 77.9 Å². The Bertz CT molecular complexity index is 1070. The highest BCUT2D eigenvalue weighted by atomic mass is 16.5. The highest BCUT2D eigenvalue weighted by molar-refractivity contribution is 6.01. The van der Waals surface area contributed by atoms with Crippen LogP contribution in [-0.4, -0.2) is 42.0 Å². The first-order valence-electron chi connectivity index (χ1n) is 9.32. The van der Waals surface area contributed by atoms with Crippen molar-refractivity contribution in [2.24, 2.45) is 0 Å². The standard InChI is InChI=1S/C23H23N3O4/c1-16-14-26(15-25-16)20-10-4-17(12-22(20)30-3)5-11-23(28)24-13-21(27)18-6-8-19(29-2)9-7-18/h4-12,14-15H,13H2,1-3H3,(H,24,28). The lowest BCUT2D eigenvalue weighted by atomic mass is 10.1. The molecule has 7 nitrogen and oxygen atoms in total. The van der Waals surface area contributed by atoms with Crippen molar-refractivity contribution in [3.63, 3.8) is 0 Å². The van der Waals surface area contributed by atoms with Crippen molar-refractivity contribution in [1.82, 2.24) is 14.9 Å². The van der Waals surface area contributed by atoms with E-state index in [1.54, 1.807) is 50.9 Å². The third-order valence-corrected chi connectivity index (χ3v) is 4.46. The van der Waals surface area contributed by atoms with E-state index in [4.69, 9.17) is 9.47 Å². The van der Waals surface area contributed by atoms with Crippen LogP contribution in [-0.2, 0) is 4.79 Å². The number of methoxy groups -OCH3 is 2. The highest BCUT2D eigenvalue weighted by Crippen LogP contribution is 2.25. The topological polar surface area (TPSA) is 82.5 Å². The van der Waals surface area contributed by atoms with E-state index in [1.807, 2.05) is 35.9 Å². The lowest BCUT2D eigenvalue weighted by molar-refractivity contribution is -0.116. The van der Waals surface area contributed by atoms with Gasteiger partial charge < -0.3 is 19.4 Å². The molecule has 3 rings (SSSR count). The molecule has 0 bridgehead atoms. The van der Waals surface area contributed by atoms with E-state index >= 15 is 0 Å². The van der Waals surface area contributed by atoms with Gasteiger partial charge in [-0.25, -0.2) is 4.98 Å². The van der Waals surface area contributed by atoms with Gasteiger partial charge in [-0.2, -0.15) is 0 Å². The Morgan fingerprint density at radius 1 is 1.10 bits per heavy atom. The number of benzene rings is 2. The Balaban J connectivity index is 1.60. The zero-order chi connectivity index (χ0) is 21.5. The summed E-state index contributed by atoms with van der Waals surface area (Å²) in [4.78, 5) is 28.5. The van der Waals surface area contributed by atoms with Gasteiger partial charge in [0.25, 0.3) is 0 Å². The van der Waals surface area contributed by atoms with E-state index < -0.39 is 0 Å².